The molecule has 0 radical (unpaired) electrons. The highest BCUT2D eigenvalue weighted by Crippen LogP contribution is 2.17. The number of aryl methyl sites for hydroxylation is 1. The zero-order valence-corrected chi connectivity index (χ0v) is 12.5. The summed E-state index contributed by atoms with van der Waals surface area (Å²) < 4.78 is 0. The Morgan fingerprint density at radius 3 is 2.67 bits per heavy atom. The first-order valence-corrected chi connectivity index (χ1v) is 7.53. The Balaban J connectivity index is 2.85. The van der Waals surface area contributed by atoms with Crippen LogP contribution in [0.2, 0.25) is 0 Å². The number of carboxylic acid groups (broad SMARTS) is 1. The summed E-state index contributed by atoms with van der Waals surface area (Å²) in [5.74, 6) is -1.04. The molecule has 0 aliphatic rings. The summed E-state index contributed by atoms with van der Waals surface area (Å²) in [6.45, 7) is 1.68. The fourth-order valence-corrected chi connectivity index (χ4v) is 2.22. The van der Waals surface area contributed by atoms with E-state index in [1.165, 1.54) is 17.8 Å². The molecule has 1 unspecified atom stereocenters. The molecule has 0 aliphatic carbocycles. The fourth-order valence-electron chi connectivity index (χ4n) is 1.75. The van der Waals surface area contributed by atoms with E-state index in [1.54, 1.807) is 6.92 Å². The Bertz CT molecular complexity index is 543. The van der Waals surface area contributed by atoms with Gasteiger partial charge in [-0.05, 0) is 31.4 Å². The Labute approximate surface area is 125 Å². The molecule has 0 saturated carbocycles. The summed E-state index contributed by atoms with van der Waals surface area (Å²) in [5, 5.41) is 13.9. The molecule has 1 aromatic heterocycles. The van der Waals surface area contributed by atoms with Crippen molar-refractivity contribution in [3.63, 3.8) is 0 Å². The highest BCUT2D eigenvalue weighted by Gasteiger charge is 2.22. The Morgan fingerprint density at radius 2 is 2.14 bits per heavy atom. The van der Waals surface area contributed by atoms with Gasteiger partial charge in [-0.25, -0.2) is 9.59 Å². The number of carbonyl (C=O) groups is 3. The van der Waals surface area contributed by atoms with Crippen molar-refractivity contribution in [2.24, 2.45) is 5.73 Å². The Morgan fingerprint density at radius 1 is 1.48 bits per heavy atom. The number of amides is 3. The van der Waals surface area contributed by atoms with Crippen LogP contribution in [0.5, 0.6) is 0 Å². The lowest BCUT2D eigenvalue weighted by atomic mass is 10.2. The summed E-state index contributed by atoms with van der Waals surface area (Å²) in [6.07, 6.45) is 2.26. The number of primary amides is 1. The number of anilines is 1. The van der Waals surface area contributed by atoms with Crippen molar-refractivity contribution in [3.05, 3.63) is 17.5 Å². The number of aromatic nitrogens is 1. The molecule has 0 spiro atoms. The number of thioether (sulfide) groups is 1. The van der Waals surface area contributed by atoms with E-state index < -0.39 is 23.9 Å². The van der Waals surface area contributed by atoms with Crippen molar-refractivity contribution in [1.29, 1.82) is 0 Å². The van der Waals surface area contributed by atoms with Crippen LogP contribution in [0.1, 0.15) is 22.6 Å². The molecule has 1 aromatic rings. The quantitative estimate of drug-likeness (QED) is 0.505. The minimum Gasteiger partial charge on any atom is -0.477 e. The molecule has 0 aliphatic heterocycles. The summed E-state index contributed by atoms with van der Waals surface area (Å²) in [5.41, 5.74) is 5.69. The first kappa shape index (κ1) is 16.9. The first-order chi connectivity index (χ1) is 9.85. The van der Waals surface area contributed by atoms with Gasteiger partial charge in [-0.2, -0.15) is 11.8 Å². The lowest BCUT2D eigenvalue weighted by Gasteiger charge is -2.16. The molecule has 9 heteroatoms. The van der Waals surface area contributed by atoms with Gasteiger partial charge >= 0.3 is 12.0 Å². The molecular weight excluding hydrogens is 296 g/mol. The molecule has 3 amide bonds. The molecule has 0 bridgehead atoms. The Hall–Kier alpha value is -2.16. The van der Waals surface area contributed by atoms with Crippen molar-refractivity contribution in [3.8, 4) is 0 Å². The second-order valence-electron chi connectivity index (χ2n) is 4.38. The topological polar surface area (TPSA) is 137 Å². The van der Waals surface area contributed by atoms with Crippen molar-refractivity contribution in [2.75, 3.05) is 17.3 Å². The average molecular weight is 314 g/mol. The number of aromatic carboxylic acids is 1. The average Bonchev–Trinajstić information content (AvgIpc) is 2.75. The van der Waals surface area contributed by atoms with Gasteiger partial charge in [0.25, 0.3) is 0 Å². The van der Waals surface area contributed by atoms with E-state index in [1.807, 2.05) is 6.26 Å². The second-order valence-corrected chi connectivity index (χ2v) is 5.36. The smallest absolute Gasteiger partial charge is 0.354 e. The molecule has 0 fully saturated rings. The SMILES string of the molecule is CSCCC(NC(N)=O)C(=O)Nc1cc(C)[nH]c1C(=O)O. The zero-order valence-electron chi connectivity index (χ0n) is 11.7. The van der Waals surface area contributed by atoms with Crippen LogP contribution >= 0.6 is 11.8 Å². The molecule has 21 heavy (non-hydrogen) atoms. The van der Waals surface area contributed by atoms with Crippen LogP contribution in [-0.2, 0) is 4.79 Å². The number of nitrogens with two attached hydrogens (primary N) is 1. The Kier molecular flexibility index (Phi) is 6.10. The third kappa shape index (κ3) is 5.03. The van der Waals surface area contributed by atoms with E-state index in [9.17, 15) is 14.4 Å². The van der Waals surface area contributed by atoms with E-state index in [-0.39, 0.29) is 11.4 Å². The van der Waals surface area contributed by atoms with E-state index in [4.69, 9.17) is 10.8 Å². The molecule has 6 N–H and O–H groups in total. The third-order valence-corrected chi connectivity index (χ3v) is 3.31. The van der Waals surface area contributed by atoms with Gasteiger partial charge in [0.2, 0.25) is 5.91 Å². The van der Waals surface area contributed by atoms with E-state index in [0.29, 0.717) is 17.9 Å². The standard InChI is InChI=1S/C12H18N4O4S/c1-6-5-8(9(14-6)11(18)19)15-10(17)7(3-4-21-2)16-12(13)20/h5,7,14H,3-4H2,1-2H3,(H,15,17)(H,18,19)(H3,13,16,20). The molecule has 1 rings (SSSR count). The van der Waals surface area contributed by atoms with E-state index >= 15 is 0 Å². The summed E-state index contributed by atoms with van der Waals surface area (Å²) in [6, 6.07) is -0.108. The van der Waals surface area contributed by atoms with Crippen LogP contribution in [0.4, 0.5) is 10.5 Å². The zero-order chi connectivity index (χ0) is 16.0. The van der Waals surface area contributed by atoms with Crippen LogP contribution in [-0.4, -0.2) is 46.0 Å². The number of rotatable bonds is 7. The molecule has 116 valence electrons. The minimum absolute atomic E-state index is 0.108. The summed E-state index contributed by atoms with van der Waals surface area (Å²) >= 11 is 1.52. The molecule has 1 heterocycles. The first-order valence-electron chi connectivity index (χ1n) is 6.13. The second kappa shape index (κ2) is 7.58. The third-order valence-electron chi connectivity index (χ3n) is 2.67. The maximum atomic E-state index is 12.1. The number of hydrogen-bond donors (Lipinski definition) is 5. The summed E-state index contributed by atoms with van der Waals surface area (Å²) in [4.78, 5) is 36.8. The van der Waals surface area contributed by atoms with Crippen molar-refractivity contribution in [1.82, 2.24) is 10.3 Å². The van der Waals surface area contributed by atoms with Crippen LogP contribution in [0.15, 0.2) is 6.07 Å². The minimum atomic E-state index is -1.18. The van der Waals surface area contributed by atoms with Crippen molar-refractivity contribution >= 4 is 35.4 Å². The van der Waals surface area contributed by atoms with Gasteiger partial charge in [0.1, 0.15) is 11.7 Å². The van der Waals surface area contributed by atoms with E-state index in [2.05, 4.69) is 15.6 Å². The van der Waals surface area contributed by atoms with Crippen LogP contribution < -0.4 is 16.4 Å². The molecular formula is C12H18N4O4S. The number of carboxylic acids is 1. The van der Waals surface area contributed by atoms with Gasteiger partial charge in [0, 0.05) is 5.69 Å². The van der Waals surface area contributed by atoms with Gasteiger partial charge in [-0.15, -0.1) is 0 Å². The summed E-state index contributed by atoms with van der Waals surface area (Å²) in [7, 11) is 0. The monoisotopic (exact) mass is 314 g/mol. The van der Waals surface area contributed by atoms with Gasteiger partial charge in [0.05, 0.1) is 5.69 Å². The van der Waals surface area contributed by atoms with Gasteiger partial charge in [-0.3, -0.25) is 4.79 Å². The molecule has 0 saturated heterocycles. The number of hydrogen-bond acceptors (Lipinski definition) is 4. The number of H-pyrrole nitrogens is 1. The molecule has 0 aromatic carbocycles. The number of carbonyl (C=O) groups excluding carboxylic acids is 2. The van der Waals surface area contributed by atoms with Crippen LogP contribution in [0.3, 0.4) is 0 Å². The highest BCUT2D eigenvalue weighted by molar-refractivity contribution is 7.98. The predicted octanol–water partition coefficient (Wildman–Crippen LogP) is 0.750. The maximum absolute atomic E-state index is 12.1. The lowest BCUT2D eigenvalue weighted by molar-refractivity contribution is -0.117. The number of nitrogens with one attached hydrogen (secondary N) is 3. The number of urea groups is 1. The normalized spacial score (nSPS) is 11.7. The van der Waals surface area contributed by atoms with Crippen molar-refractivity contribution < 1.29 is 19.5 Å². The maximum Gasteiger partial charge on any atom is 0.354 e. The number of aromatic amines is 1. The largest absolute Gasteiger partial charge is 0.477 e. The lowest BCUT2D eigenvalue weighted by Crippen LogP contribution is -2.46. The molecule has 8 nitrogen and oxygen atoms in total. The van der Waals surface area contributed by atoms with Gasteiger partial charge in [0.15, 0.2) is 0 Å². The highest BCUT2D eigenvalue weighted by atomic mass is 32.2. The molecule has 1 atom stereocenters. The van der Waals surface area contributed by atoms with E-state index in [0.717, 1.165) is 0 Å². The van der Waals surface area contributed by atoms with Gasteiger partial charge < -0.3 is 26.5 Å². The van der Waals surface area contributed by atoms with Gasteiger partial charge in [-0.1, -0.05) is 0 Å². The van der Waals surface area contributed by atoms with Crippen LogP contribution in [0.25, 0.3) is 0 Å². The fraction of sp³-hybridized carbons (Fsp3) is 0.417. The predicted molar refractivity (Wildman–Crippen MR) is 80.6 cm³/mol. The van der Waals surface area contributed by atoms with Crippen LogP contribution in [0, 0.1) is 6.92 Å². The van der Waals surface area contributed by atoms with Crippen molar-refractivity contribution in [2.45, 2.75) is 19.4 Å².